The summed E-state index contributed by atoms with van der Waals surface area (Å²) >= 11 is 4.73. The van der Waals surface area contributed by atoms with Crippen LogP contribution in [0.15, 0.2) is 22.0 Å². The molecule has 0 saturated heterocycles. The Kier molecular flexibility index (Phi) is 2.09. The maximum absolute atomic E-state index is 10.6. The lowest BCUT2D eigenvalue weighted by molar-refractivity contribution is 0.112. The Balaban J connectivity index is 2.84. The number of carbonyl (C=O) groups excluding carboxylic acids is 1. The van der Waals surface area contributed by atoms with Gasteiger partial charge in [-0.1, -0.05) is 15.9 Å². The van der Waals surface area contributed by atoms with E-state index in [1.54, 1.807) is 11.4 Å². The summed E-state index contributed by atoms with van der Waals surface area (Å²) in [7, 11) is 0. The molecule has 0 aliphatic carbocycles. The molecule has 66 valence electrons. The van der Waals surface area contributed by atoms with Crippen molar-refractivity contribution in [2.24, 2.45) is 0 Å². The van der Waals surface area contributed by atoms with Gasteiger partial charge in [0.15, 0.2) is 6.29 Å². The van der Waals surface area contributed by atoms with Crippen molar-refractivity contribution in [3.8, 4) is 5.75 Å². The normalized spacial score (nSPS) is 10.5. The molecular formula is C9H5BrO2S. The van der Waals surface area contributed by atoms with Gasteiger partial charge < -0.3 is 5.11 Å². The van der Waals surface area contributed by atoms with Crippen molar-refractivity contribution < 1.29 is 9.90 Å². The average molecular weight is 257 g/mol. The van der Waals surface area contributed by atoms with Gasteiger partial charge in [-0.3, -0.25) is 4.79 Å². The number of rotatable bonds is 1. The molecule has 0 radical (unpaired) electrons. The van der Waals surface area contributed by atoms with Gasteiger partial charge in [-0.25, -0.2) is 0 Å². The summed E-state index contributed by atoms with van der Waals surface area (Å²) in [5, 5.41) is 11.8. The molecule has 1 N–H and O–H groups in total. The van der Waals surface area contributed by atoms with Gasteiger partial charge in [-0.2, -0.15) is 0 Å². The molecule has 0 fully saturated rings. The second kappa shape index (κ2) is 3.12. The van der Waals surface area contributed by atoms with Crippen LogP contribution >= 0.6 is 27.3 Å². The Hall–Kier alpha value is -0.870. The summed E-state index contributed by atoms with van der Waals surface area (Å²) in [6, 6.07) is 3.52. The highest BCUT2D eigenvalue weighted by Gasteiger charge is 2.06. The topological polar surface area (TPSA) is 37.3 Å². The highest BCUT2D eigenvalue weighted by Crippen LogP contribution is 2.34. The fraction of sp³-hybridized carbons (Fsp3) is 0. The zero-order chi connectivity index (χ0) is 9.42. The van der Waals surface area contributed by atoms with Crippen LogP contribution in [-0.4, -0.2) is 11.4 Å². The lowest BCUT2D eigenvalue weighted by Crippen LogP contribution is -1.80. The van der Waals surface area contributed by atoms with E-state index in [1.807, 2.05) is 6.07 Å². The van der Waals surface area contributed by atoms with Gasteiger partial charge in [-0.05, 0) is 12.1 Å². The number of halogens is 1. The molecule has 4 heteroatoms. The molecule has 0 amide bonds. The monoisotopic (exact) mass is 256 g/mol. The molecule has 2 rings (SSSR count). The van der Waals surface area contributed by atoms with Crippen molar-refractivity contribution in [2.45, 2.75) is 0 Å². The van der Waals surface area contributed by atoms with Crippen LogP contribution < -0.4 is 0 Å². The van der Waals surface area contributed by atoms with Gasteiger partial charge in [0.2, 0.25) is 0 Å². The minimum Gasteiger partial charge on any atom is -0.506 e. The number of thiophene rings is 1. The minimum absolute atomic E-state index is 0.232. The van der Waals surface area contributed by atoms with Crippen molar-refractivity contribution in [3.05, 3.63) is 27.5 Å². The number of hydrogen-bond donors (Lipinski definition) is 1. The van der Waals surface area contributed by atoms with E-state index in [-0.39, 0.29) is 5.75 Å². The molecule has 2 aromatic rings. The van der Waals surface area contributed by atoms with Crippen molar-refractivity contribution in [1.29, 1.82) is 0 Å². The lowest BCUT2D eigenvalue weighted by Gasteiger charge is -1.96. The molecule has 13 heavy (non-hydrogen) atoms. The van der Waals surface area contributed by atoms with E-state index in [0.717, 1.165) is 20.8 Å². The lowest BCUT2D eigenvalue weighted by atomic mass is 10.2. The Bertz CT molecular complexity index is 476. The molecule has 0 bridgehead atoms. The summed E-state index contributed by atoms with van der Waals surface area (Å²) in [5.41, 5.74) is 0.557. The van der Waals surface area contributed by atoms with Gasteiger partial charge in [0.25, 0.3) is 0 Å². The highest BCUT2D eigenvalue weighted by molar-refractivity contribution is 9.10. The Morgan fingerprint density at radius 3 is 2.92 bits per heavy atom. The third-order valence-corrected chi connectivity index (χ3v) is 3.42. The Labute approximate surface area is 86.9 Å². The summed E-state index contributed by atoms with van der Waals surface area (Å²) in [5.74, 6) is 0.232. The van der Waals surface area contributed by atoms with Crippen LogP contribution in [0.25, 0.3) is 10.1 Å². The Morgan fingerprint density at radius 1 is 1.46 bits per heavy atom. The molecule has 1 aromatic heterocycles. The van der Waals surface area contributed by atoms with Crippen LogP contribution in [0.2, 0.25) is 0 Å². The summed E-state index contributed by atoms with van der Waals surface area (Å²) in [4.78, 5) is 10.6. The smallest absolute Gasteiger partial charge is 0.151 e. The van der Waals surface area contributed by atoms with Crippen LogP contribution in [0.4, 0.5) is 0 Å². The predicted molar refractivity (Wildman–Crippen MR) is 56.6 cm³/mol. The molecule has 0 spiro atoms. The standard InChI is InChI=1S/C9H5BrO2S/c10-7-2-9-6(1-5(7)3-11)8(12)4-13-9/h1-4,12H. The molecule has 0 aliphatic rings. The maximum Gasteiger partial charge on any atom is 0.151 e. The minimum atomic E-state index is 0.232. The average Bonchev–Trinajstić information content (AvgIpc) is 2.46. The molecule has 2 nitrogen and oxygen atoms in total. The fourth-order valence-electron chi connectivity index (χ4n) is 1.14. The van der Waals surface area contributed by atoms with Crippen LogP contribution in [0, 0.1) is 0 Å². The number of aldehydes is 1. The fourth-order valence-corrected chi connectivity index (χ4v) is 2.57. The van der Waals surface area contributed by atoms with Crippen molar-refractivity contribution in [2.75, 3.05) is 0 Å². The molecule has 1 aromatic carbocycles. The zero-order valence-corrected chi connectivity index (χ0v) is 8.85. The molecular weight excluding hydrogens is 252 g/mol. The van der Waals surface area contributed by atoms with Gasteiger partial charge >= 0.3 is 0 Å². The van der Waals surface area contributed by atoms with E-state index < -0.39 is 0 Å². The first kappa shape index (κ1) is 8.72. The maximum atomic E-state index is 10.6. The summed E-state index contributed by atoms with van der Waals surface area (Å²) < 4.78 is 1.73. The molecule has 0 atom stereocenters. The van der Waals surface area contributed by atoms with E-state index in [2.05, 4.69) is 15.9 Å². The van der Waals surface area contributed by atoms with Crippen LogP contribution in [0.5, 0.6) is 5.75 Å². The second-order valence-electron chi connectivity index (χ2n) is 2.61. The number of benzene rings is 1. The van der Waals surface area contributed by atoms with Crippen molar-refractivity contribution in [1.82, 2.24) is 0 Å². The number of carbonyl (C=O) groups is 1. The molecule has 0 saturated carbocycles. The first-order valence-electron chi connectivity index (χ1n) is 3.57. The third kappa shape index (κ3) is 1.36. The first-order chi connectivity index (χ1) is 6.22. The van der Waals surface area contributed by atoms with E-state index in [0.29, 0.717) is 5.56 Å². The quantitative estimate of drug-likeness (QED) is 0.796. The Morgan fingerprint density at radius 2 is 2.23 bits per heavy atom. The van der Waals surface area contributed by atoms with Crippen molar-refractivity contribution in [3.63, 3.8) is 0 Å². The number of hydrogen-bond acceptors (Lipinski definition) is 3. The van der Waals surface area contributed by atoms with Crippen LogP contribution in [-0.2, 0) is 0 Å². The second-order valence-corrected chi connectivity index (χ2v) is 4.37. The van der Waals surface area contributed by atoms with E-state index in [9.17, 15) is 9.90 Å². The summed E-state index contributed by atoms with van der Waals surface area (Å²) in [6.45, 7) is 0. The van der Waals surface area contributed by atoms with E-state index in [4.69, 9.17) is 0 Å². The first-order valence-corrected chi connectivity index (χ1v) is 5.24. The van der Waals surface area contributed by atoms with E-state index in [1.165, 1.54) is 11.3 Å². The van der Waals surface area contributed by atoms with Gasteiger partial charge in [0.05, 0.1) is 0 Å². The zero-order valence-electron chi connectivity index (χ0n) is 6.45. The number of aromatic hydroxyl groups is 1. The SMILES string of the molecule is O=Cc1cc2c(O)csc2cc1Br. The molecule has 0 unspecified atom stereocenters. The summed E-state index contributed by atoms with van der Waals surface area (Å²) in [6.07, 6.45) is 0.765. The van der Waals surface area contributed by atoms with E-state index >= 15 is 0 Å². The van der Waals surface area contributed by atoms with Gasteiger partial charge in [-0.15, -0.1) is 11.3 Å². The largest absolute Gasteiger partial charge is 0.506 e. The van der Waals surface area contributed by atoms with Gasteiger partial charge in [0.1, 0.15) is 5.75 Å². The predicted octanol–water partition coefficient (Wildman–Crippen LogP) is 3.18. The van der Waals surface area contributed by atoms with Crippen LogP contribution in [0.3, 0.4) is 0 Å². The molecule has 1 heterocycles. The van der Waals surface area contributed by atoms with Crippen LogP contribution in [0.1, 0.15) is 10.4 Å². The van der Waals surface area contributed by atoms with Crippen molar-refractivity contribution >= 4 is 43.6 Å². The molecule has 0 aliphatic heterocycles. The number of fused-ring (bicyclic) bond motifs is 1. The third-order valence-electron chi connectivity index (χ3n) is 1.80. The van der Waals surface area contributed by atoms with Gasteiger partial charge in [0, 0.05) is 25.5 Å². The highest BCUT2D eigenvalue weighted by atomic mass is 79.9.